The average Bonchev–Trinajstić information content (AvgIpc) is 3.26. The Morgan fingerprint density at radius 3 is 2.31 bits per heavy atom. The van der Waals surface area contributed by atoms with E-state index in [-0.39, 0.29) is 5.75 Å². The van der Waals surface area contributed by atoms with Gasteiger partial charge in [0.25, 0.3) is 5.91 Å². The molecule has 0 aliphatic carbocycles. The highest BCUT2D eigenvalue weighted by Gasteiger charge is 2.19. The molecule has 6 nitrogen and oxygen atoms in total. The molecule has 0 spiro atoms. The molecule has 5 rings (SSSR count). The molecule has 0 bridgehead atoms. The molecule has 0 saturated carbocycles. The van der Waals surface area contributed by atoms with E-state index in [1.807, 2.05) is 73.7 Å². The van der Waals surface area contributed by atoms with E-state index >= 15 is 0 Å². The van der Waals surface area contributed by atoms with E-state index in [0.717, 1.165) is 28.1 Å². The van der Waals surface area contributed by atoms with E-state index in [2.05, 4.69) is 10.4 Å². The molecule has 0 aliphatic rings. The molecular formula is C26H20N4O2. The van der Waals surface area contributed by atoms with Crippen molar-refractivity contribution >= 4 is 17.2 Å². The number of amides is 1. The van der Waals surface area contributed by atoms with Crippen LogP contribution in [0.2, 0.25) is 0 Å². The van der Waals surface area contributed by atoms with E-state index in [1.165, 1.54) is 6.20 Å². The van der Waals surface area contributed by atoms with Crippen LogP contribution in [0.4, 0.5) is 5.69 Å². The number of rotatable bonds is 4. The number of aromatic hydroxyl groups is 1. The lowest BCUT2D eigenvalue weighted by Gasteiger charge is -2.10. The van der Waals surface area contributed by atoms with Crippen LogP contribution in [-0.4, -0.2) is 25.6 Å². The SMILES string of the molecule is Cc1ccc(O)c(NC(=O)c2cnn3c(-c4ccccc4)cc(-c4ccccc4)nc23)c1. The largest absolute Gasteiger partial charge is 0.506 e. The fraction of sp³-hybridized carbons (Fsp3) is 0.0385. The fourth-order valence-electron chi connectivity index (χ4n) is 3.63. The third kappa shape index (κ3) is 3.58. The number of fused-ring (bicyclic) bond motifs is 1. The predicted octanol–water partition coefficient (Wildman–Crippen LogP) is 5.33. The second-order valence-corrected chi connectivity index (χ2v) is 7.53. The fourth-order valence-corrected chi connectivity index (χ4v) is 3.63. The maximum atomic E-state index is 13.1. The first-order chi connectivity index (χ1) is 15.6. The molecule has 0 unspecified atom stereocenters. The highest BCUT2D eigenvalue weighted by molar-refractivity contribution is 6.09. The lowest BCUT2D eigenvalue weighted by Crippen LogP contribution is -2.12. The Morgan fingerprint density at radius 1 is 0.906 bits per heavy atom. The summed E-state index contributed by atoms with van der Waals surface area (Å²) in [5.41, 5.74) is 5.50. The number of phenols is 1. The second-order valence-electron chi connectivity index (χ2n) is 7.53. The number of benzene rings is 3. The van der Waals surface area contributed by atoms with Gasteiger partial charge in [0.15, 0.2) is 5.65 Å². The molecule has 2 N–H and O–H groups in total. The Labute approximate surface area is 184 Å². The van der Waals surface area contributed by atoms with Gasteiger partial charge < -0.3 is 10.4 Å². The maximum Gasteiger partial charge on any atom is 0.261 e. The summed E-state index contributed by atoms with van der Waals surface area (Å²) in [5, 5.41) is 17.4. The molecule has 3 aromatic carbocycles. The number of nitrogens with one attached hydrogen (secondary N) is 1. The Kier molecular flexibility index (Phi) is 4.88. The number of anilines is 1. The van der Waals surface area contributed by atoms with Crippen molar-refractivity contribution < 1.29 is 9.90 Å². The Morgan fingerprint density at radius 2 is 1.59 bits per heavy atom. The van der Waals surface area contributed by atoms with Gasteiger partial charge in [0.2, 0.25) is 0 Å². The molecule has 2 heterocycles. The van der Waals surface area contributed by atoms with Crippen molar-refractivity contribution in [1.29, 1.82) is 0 Å². The lowest BCUT2D eigenvalue weighted by atomic mass is 10.1. The number of hydrogen-bond acceptors (Lipinski definition) is 4. The standard InChI is InChI=1S/C26H20N4O2/c1-17-12-13-24(31)22(14-17)29-26(32)20-16-27-30-23(19-10-6-3-7-11-19)15-21(28-25(20)30)18-8-4-2-5-9-18/h2-16,31H,1H3,(H,29,32). The van der Waals surface area contributed by atoms with Crippen molar-refractivity contribution in [2.75, 3.05) is 5.32 Å². The van der Waals surface area contributed by atoms with Gasteiger partial charge in [-0.3, -0.25) is 4.79 Å². The Hall–Kier alpha value is -4.45. The van der Waals surface area contributed by atoms with E-state index in [9.17, 15) is 9.90 Å². The number of carbonyl (C=O) groups is 1. The molecule has 32 heavy (non-hydrogen) atoms. The van der Waals surface area contributed by atoms with Gasteiger partial charge in [0.1, 0.15) is 11.3 Å². The van der Waals surface area contributed by atoms with Crippen molar-refractivity contribution in [2.24, 2.45) is 0 Å². The average molecular weight is 420 g/mol. The predicted molar refractivity (Wildman–Crippen MR) is 125 cm³/mol. The van der Waals surface area contributed by atoms with E-state index in [1.54, 1.807) is 22.7 Å². The first-order valence-electron chi connectivity index (χ1n) is 10.2. The first-order valence-corrected chi connectivity index (χ1v) is 10.2. The summed E-state index contributed by atoms with van der Waals surface area (Å²) in [4.78, 5) is 17.9. The highest BCUT2D eigenvalue weighted by atomic mass is 16.3. The molecule has 5 aromatic rings. The second kappa shape index (κ2) is 8.00. The van der Waals surface area contributed by atoms with Crippen molar-refractivity contribution in [1.82, 2.24) is 14.6 Å². The van der Waals surface area contributed by atoms with E-state index in [0.29, 0.717) is 16.9 Å². The normalized spacial score (nSPS) is 10.9. The summed E-state index contributed by atoms with van der Waals surface area (Å²) in [5.74, 6) is -0.388. The zero-order valence-corrected chi connectivity index (χ0v) is 17.4. The van der Waals surface area contributed by atoms with Gasteiger partial charge in [-0.1, -0.05) is 66.7 Å². The van der Waals surface area contributed by atoms with Gasteiger partial charge in [-0.05, 0) is 30.7 Å². The minimum atomic E-state index is -0.391. The summed E-state index contributed by atoms with van der Waals surface area (Å²) in [7, 11) is 0. The molecule has 156 valence electrons. The third-order valence-electron chi connectivity index (χ3n) is 5.26. The zero-order valence-electron chi connectivity index (χ0n) is 17.4. The van der Waals surface area contributed by atoms with Crippen LogP contribution in [-0.2, 0) is 0 Å². The minimum absolute atomic E-state index is 0.00309. The van der Waals surface area contributed by atoms with Crippen LogP contribution in [0.25, 0.3) is 28.2 Å². The molecule has 0 saturated heterocycles. The number of nitrogens with zero attached hydrogens (tertiary/aromatic N) is 3. The van der Waals surface area contributed by atoms with Crippen molar-refractivity contribution in [3.63, 3.8) is 0 Å². The molecule has 0 atom stereocenters. The monoisotopic (exact) mass is 420 g/mol. The highest BCUT2D eigenvalue weighted by Crippen LogP contribution is 2.29. The van der Waals surface area contributed by atoms with Gasteiger partial charge in [-0.2, -0.15) is 5.10 Å². The van der Waals surface area contributed by atoms with Crippen molar-refractivity contribution in [3.05, 3.63) is 102 Å². The molecular weight excluding hydrogens is 400 g/mol. The van der Waals surface area contributed by atoms with E-state index in [4.69, 9.17) is 4.98 Å². The number of phenolic OH excluding ortho intramolecular Hbond substituents is 1. The summed E-state index contributed by atoms with van der Waals surface area (Å²) >= 11 is 0. The van der Waals surface area contributed by atoms with Crippen LogP contribution in [0.1, 0.15) is 15.9 Å². The van der Waals surface area contributed by atoms with Gasteiger partial charge in [-0.15, -0.1) is 0 Å². The number of aryl methyl sites for hydroxylation is 1. The van der Waals surface area contributed by atoms with Crippen molar-refractivity contribution in [3.8, 4) is 28.3 Å². The summed E-state index contributed by atoms with van der Waals surface area (Å²) in [6, 6.07) is 26.7. The third-order valence-corrected chi connectivity index (χ3v) is 5.26. The molecule has 6 heteroatoms. The van der Waals surface area contributed by atoms with Crippen LogP contribution in [0.3, 0.4) is 0 Å². The topological polar surface area (TPSA) is 79.5 Å². The summed E-state index contributed by atoms with van der Waals surface area (Å²) < 4.78 is 1.67. The quantitative estimate of drug-likeness (QED) is 0.385. The van der Waals surface area contributed by atoms with Gasteiger partial charge >= 0.3 is 0 Å². The minimum Gasteiger partial charge on any atom is -0.506 e. The van der Waals surface area contributed by atoms with Crippen LogP contribution >= 0.6 is 0 Å². The summed E-state index contributed by atoms with van der Waals surface area (Å²) in [6.07, 6.45) is 1.51. The Balaban J connectivity index is 1.66. The van der Waals surface area contributed by atoms with Crippen LogP contribution < -0.4 is 5.32 Å². The molecule has 2 aromatic heterocycles. The molecule has 1 amide bonds. The summed E-state index contributed by atoms with van der Waals surface area (Å²) in [6.45, 7) is 1.89. The van der Waals surface area contributed by atoms with Crippen LogP contribution in [0.5, 0.6) is 5.75 Å². The molecule has 0 fully saturated rings. The maximum absolute atomic E-state index is 13.1. The Bertz CT molecular complexity index is 1430. The lowest BCUT2D eigenvalue weighted by molar-refractivity contribution is 0.102. The smallest absolute Gasteiger partial charge is 0.261 e. The van der Waals surface area contributed by atoms with Crippen LogP contribution in [0.15, 0.2) is 91.1 Å². The first kappa shape index (κ1) is 19.5. The van der Waals surface area contributed by atoms with Crippen LogP contribution in [0, 0.1) is 6.92 Å². The van der Waals surface area contributed by atoms with Gasteiger partial charge in [-0.25, -0.2) is 9.50 Å². The number of hydrogen-bond donors (Lipinski definition) is 2. The zero-order chi connectivity index (χ0) is 22.1. The number of carbonyl (C=O) groups excluding carboxylic acids is 1. The van der Waals surface area contributed by atoms with Gasteiger partial charge in [0.05, 0.1) is 23.3 Å². The van der Waals surface area contributed by atoms with Crippen molar-refractivity contribution in [2.45, 2.75) is 6.92 Å². The molecule has 0 aliphatic heterocycles. The molecule has 0 radical (unpaired) electrons. The van der Waals surface area contributed by atoms with E-state index < -0.39 is 5.91 Å². The van der Waals surface area contributed by atoms with Gasteiger partial charge in [0, 0.05) is 11.1 Å². The number of aromatic nitrogens is 3.